The van der Waals surface area contributed by atoms with Crippen molar-refractivity contribution in [2.24, 2.45) is 4.99 Å². The summed E-state index contributed by atoms with van der Waals surface area (Å²) in [4.78, 5) is 20.2. The van der Waals surface area contributed by atoms with E-state index in [4.69, 9.17) is 4.74 Å². The second-order valence-corrected chi connectivity index (χ2v) is 6.74. The zero-order valence-electron chi connectivity index (χ0n) is 17.0. The van der Waals surface area contributed by atoms with E-state index in [9.17, 15) is 4.79 Å². The van der Waals surface area contributed by atoms with Crippen LogP contribution in [0, 0.1) is 0 Å². The minimum Gasteiger partial charge on any atom is -0.379 e. The maximum absolute atomic E-state index is 11.8. The predicted octanol–water partition coefficient (Wildman–Crippen LogP) is 0.237. The third kappa shape index (κ3) is 10.2. The Morgan fingerprint density at radius 1 is 1.18 bits per heavy atom. The molecule has 2 rings (SSSR count). The summed E-state index contributed by atoms with van der Waals surface area (Å²) >= 11 is 0. The molecule has 1 aromatic heterocycles. The number of aliphatic imine (C=N–C) groups is 1. The summed E-state index contributed by atoms with van der Waals surface area (Å²) in [5, 5.41) is 10.8. The van der Waals surface area contributed by atoms with E-state index < -0.39 is 0 Å². The Balaban J connectivity index is 0.00000392. The number of morpholine rings is 1. The average Bonchev–Trinajstić information content (AvgIpc) is 3.19. The number of guanidine groups is 1. The fraction of sp³-hybridized carbons (Fsp3) is 0.722. The van der Waals surface area contributed by atoms with Gasteiger partial charge in [0.1, 0.15) is 6.54 Å². The first-order valence-corrected chi connectivity index (χ1v) is 9.65. The molecule has 1 aromatic rings. The Morgan fingerprint density at radius 3 is 2.46 bits per heavy atom. The number of nitrogens with zero attached hydrogens (tertiary/aromatic N) is 5. The Morgan fingerprint density at radius 2 is 1.86 bits per heavy atom. The van der Waals surface area contributed by atoms with E-state index in [2.05, 4.69) is 25.6 Å². The minimum absolute atomic E-state index is 0. The van der Waals surface area contributed by atoms with E-state index in [1.165, 1.54) is 0 Å². The first-order chi connectivity index (χ1) is 13.1. The molecule has 1 aliphatic heterocycles. The fourth-order valence-electron chi connectivity index (χ4n) is 2.68. The molecule has 0 atom stereocenters. The number of aryl methyl sites for hydroxylation is 1. The quantitative estimate of drug-likeness (QED) is 0.204. The predicted molar refractivity (Wildman–Crippen MR) is 121 cm³/mol. The van der Waals surface area contributed by atoms with Crippen LogP contribution in [0.15, 0.2) is 23.5 Å². The number of aromatic nitrogens is 2. The van der Waals surface area contributed by atoms with Crippen molar-refractivity contribution in [1.82, 2.24) is 30.2 Å². The second kappa shape index (κ2) is 14.6. The topological polar surface area (TPSA) is 87.0 Å². The molecule has 160 valence electrons. The van der Waals surface area contributed by atoms with Gasteiger partial charge in [-0.2, -0.15) is 5.10 Å². The molecule has 1 amide bonds. The number of carbonyl (C=O) groups excluding carboxylic acids is 1. The number of amides is 1. The molecule has 0 aromatic carbocycles. The number of rotatable bonds is 10. The highest BCUT2D eigenvalue weighted by Crippen LogP contribution is 1.97. The molecular formula is C18H34IN7O2. The fourth-order valence-corrected chi connectivity index (χ4v) is 2.68. The molecule has 10 heteroatoms. The van der Waals surface area contributed by atoms with Crippen molar-refractivity contribution < 1.29 is 9.53 Å². The molecule has 1 fully saturated rings. The van der Waals surface area contributed by atoms with Gasteiger partial charge in [0.05, 0.1) is 13.2 Å². The van der Waals surface area contributed by atoms with Crippen molar-refractivity contribution in [1.29, 1.82) is 0 Å². The van der Waals surface area contributed by atoms with Gasteiger partial charge in [-0.15, -0.1) is 24.0 Å². The number of carbonyl (C=O) groups is 1. The third-order valence-electron chi connectivity index (χ3n) is 4.33. The summed E-state index contributed by atoms with van der Waals surface area (Å²) in [5.41, 5.74) is 0. The van der Waals surface area contributed by atoms with Crippen LogP contribution in [0.1, 0.15) is 12.8 Å². The summed E-state index contributed by atoms with van der Waals surface area (Å²) in [6.07, 6.45) is 5.69. The molecular weight excluding hydrogens is 473 g/mol. The normalized spacial score (nSPS) is 15.0. The lowest BCUT2D eigenvalue weighted by molar-refractivity contribution is -0.127. The van der Waals surface area contributed by atoms with Gasteiger partial charge in [-0.05, 0) is 25.5 Å². The van der Waals surface area contributed by atoms with Gasteiger partial charge in [0.15, 0.2) is 5.96 Å². The molecule has 0 saturated carbocycles. The van der Waals surface area contributed by atoms with Crippen LogP contribution in [0.3, 0.4) is 0 Å². The summed E-state index contributed by atoms with van der Waals surface area (Å²) in [7, 11) is 3.48. The molecule has 1 aliphatic rings. The molecule has 28 heavy (non-hydrogen) atoms. The van der Waals surface area contributed by atoms with Crippen LogP contribution in [-0.2, 0) is 16.1 Å². The lowest BCUT2D eigenvalue weighted by atomic mass is 10.3. The van der Waals surface area contributed by atoms with Gasteiger partial charge in [-0.1, -0.05) is 0 Å². The van der Waals surface area contributed by atoms with Crippen LogP contribution >= 0.6 is 24.0 Å². The maximum atomic E-state index is 11.8. The van der Waals surface area contributed by atoms with E-state index >= 15 is 0 Å². The second-order valence-electron chi connectivity index (χ2n) is 6.74. The monoisotopic (exact) mass is 507 g/mol. The van der Waals surface area contributed by atoms with E-state index in [0.29, 0.717) is 5.96 Å². The first-order valence-electron chi connectivity index (χ1n) is 9.65. The van der Waals surface area contributed by atoms with E-state index in [0.717, 1.165) is 65.3 Å². The first kappa shape index (κ1) is 24.6. The number of nitrogens with one attached hydrogen (secondary N) is 2. The van der Waals surface area contributed by atoms with Crippen molar-refractivity contribution in [2.45, 2.75) is 19.4 Å². The Bertz CT molecular complexity index is 560. The zero-order chi connectivity index (χ0) is 19.3. The number of hydrogen-bond donors (Lipinski definition) is 2. The molecule has 0 aliphatic carbocycles. The van der Waals surface area contributed by atoms with Crippen molar-refractivity contribution in [3.63, 3.8) is 0 Å². The van der Waals surface area contributed by atoms with E-state index in [1.807, 2.05) is 16.9 Å². The SMILES string of the molecule is CN(C)C(=O)CN=C(NCCCN1CCOCC1)NCCCn1cccn1.I. The van der Waals surface area contributed by atoms with Crippen LogP contribution in [-0.4, -0.2) is 98.0 Å². The van der Waals surface area contributed by atoms with Crippen LogP contribution in [0.5, 0.6) is 0 Å². The van der Waals surface area contributed by atoms with Crippen LogP contribution in [0.25, 0.3) is 0 Å². The van der Waals surface area contributed by atoms with Crippen LogP contribution in [0.2, 0.25) is 0 Å². The number of hydrogen-bond acceptors (Lipinski definition) is 5. The minimum atomic E-state index is -0.0130. The van der Waals surface area contributed by atoms with Crippen molar-refractivity contribution in [2.75, 3.05) is 66.6 Å². The molecule has 0 spiro atoms. The Hall–Kier alpha value is -1.40. The molecule has 9 nitrogen and oxygen atoms in total. The summed E-state index contributed by atoms with van der Waals surface area (Å²) < 4.78 is 7.28. The largest absolute Gasteiger partial charge is 0.379 e. The van der Waals surface area contributed by atoms with Gasteiger partial charge >= 0.3 is 0 Å². The summed E-state index contributed by atoms with van der Waals surface area (Å²) in [5.74, 6) is 0.675. The Kier molecular flexibility index (Phi) is 12.8. The van der Waals surface area contributed by atoms with Gasteiger partial charge in [-0.3, -0.25) is 14.4 Å². The standard InChI is InChI=1S/C18H33N7O2.HI/c1-23(2)17(26)16-21-18(20-7-4-10-25-11-5-8-22-25)19-6-3-9-24-12-14-27-15-13-24;/h5,8,11H,3-4,6-7,9-10,12-16H2,1-2H3,(H2,19,20,21);1H. The smallest absolute Gasteiger partial charge is 0.243 e. The molecule has 2 heterocycles. The van der Waals surface area contributed by atoms with E-state index in [-0.39, 0.29) is 36.4 Å². The number of halogens is 1. The molecule has 0 bridgehead atoms. The highest BCUT2D eigenvalue weighted by atomic mass is 127. The molecule has 0 unspecified atom stereocenters. The molecule has 1 saturated heterocycles. The van der Waals surface area contributed by atoms with Crippen LogP contribution in [0.4, 0.5) is 0 Å². The average molecular weight is 507 g/mol. The third-order valence-corrected chi connectivity index (χ3v) is 4.33. The molecule has 2 N–H and O–H groups in total. The van der Waals surface area contributed by atoms with E-state index in [1.54, 1.807) is 25.2 Å². The maximum Gasteiger partial charge on any atom is 0.243 e. The van der Waals surface area contributed by atoms with Crippen molar-refractivity contribution >= 4 is 35.8 Å². The highest BCUT2D eigenvalue weighted by Gasteiger charge is 2.09. The van der Waals surface area contributed by atoms with Crippen molar-refractivity contribution in [3.05, 3.63) is 18.5 Å². The zero-order valence-corrected chi connectivity index (χ0v) is 19.3. The Labute approximate surface area is 184 Å². The number of likely N-dealkylation sites (N-methyl/N-ethyl adjacent to an activating group) is 1. The van der Waals surface area contributed by atoms with Crippen LogP contribution < -0.4 is 10.6 Å². The lowest BCUT2D eigenvalue weighted by Crippen LogP contribution is -2.41. The number of ether oxygens (including phenoxy) is 1. The van der Waals surface area contributed by atoms with Gasteiger partial charge < -0.3 is 20.3 Å². The van der Waals surface area contributed by atoms with Gasteiger partial charge in [0.2, 0.25) is 5.91 Å². The van der Waals surface area contributed by atoms with Gasteiger partial charge in [0.25, 0.3) is 0 Å². The molecule has 0 radical (unpaired) electrons. The highest BCUT2D eigenvalue weighted by molar-refractivity contribution is 14.0. The summed E-state index contributed by atoms with van der Waals surface area (Å²) in [6, 6.07) is 1.92. The van der Waals surface area contributed by atoms with Crippen molar-refractivity contribution in [3.8, 4) is 0 Å². The summed E-state index contributed by atoms with van der Waals surface area (Å²) in [6.45, 7) is 7.28. The van der Waals surface area contributed by atoms with Gasteiger partial charge in [-0.25, -0.2) is 4.99 Å². The lowest BCUT2D eigenvalue weighted by Gasteiger charge is -2.26. The van der Waals surface area contributed by atoms with Gasteiger partial charge in [0, 0.05) is 59.2 Å².